The van der Waals surface area contributed by atoms with Gasteiger partial charge in [-0.15, -0.1) is 0 Å². The summed E-state index contributed by atoms with van der Waals surface area (Å²) in [5.74, 6) is -0.315. The summed E-state index contributed by atoms with van der Waals surface area (Å²) >= 11 is 0. The van der Waals surface area contributed by atoms with Gasteiger partial charge in [0.25, 0.3) is 11.5 Å². The second-order valence-electron chi connectivity index (χ2n) is 10.1. The number of hydrogen-bond acceptors (Lipinski definition) is 4. The Morgan fingerprint density at radius 2 is 1.88 bits per heavy atom. The van der Waals surface area contributed by atoms with Crippen molar-refractivity contribution in [2.75, 3.05) is 0 Å². The maximum atomic E-state index is 13.1. The molecule has 6 nitrogen and oxygen atoms in total. The maximum Gasteiger partial charge on any atom is 0.253 e. The molecule has 0 fully saturated rings. The molecule has 2 atom stereocenters. The number of pyridine rings is 1. The van der Waals surface area contributed by atoms with Crippen LogP contribution in [0.15, 0.2) is 47.4 Å². The number of amides is 1. The minimum Gasteiger partial charge on any atom is -0.405 e. The molecule has 3 rings (SSSR count). The van der Waals surface area contributed by atoms with Crippen LogP contribution < -0.4 is 10.9 Å². The molecule has 1 aliphatic heterocycles. The highest BCUT2D eigenvalue weighted by atomic mass is 28.4. The number of carbonyl (C=O) groups is 2. The van der Waals surface area contributed by atoms with Crippen LogP contribution >= 0.6 is 0 Å². The van der Waals surface area contributed by atoms with Crippen molar-refractivity contribution in [2.24, 2.45) is 0 Å². The summed E-state index contributed by atoms with van der Waals surface area (Å²) in [6.45, 7) is 11.1. The predicted molar refractivity (Wildman–Crippen MR) is 129 cm³/mol. The van der Waals surface area contributed by atoms with Gasteiger partial charge in [0, 0.05) is 18.8 Å². The Balaban J connectivity index is 2.00. The van der Waals surface area contributed by atoms with E-state index < -0.39 is 20.5 Å². The van der Waals surface area contributed by atoms with Gasteiger partial charge in [-0.1, -0.05) is 45.0 Å². The van der Waals surface area contributed by atoms with Crippen molar-refractivity contribution >= 4 is 20.5 Å². The van der Waals surface area contributed by atoms with Crippen molar-refractivity contribution in [1.82, 2.24) is 9.88 Å². The molecule has 0 radical (unpaired) electrons. The second kappa shape index (κ2) is 9.54. The molecule has 1 aromatic heterocycles. The van der Waals surface area contributed by atoms with Crippen molar-refractivity contribution < 1.29 is 14.0 Å². The number of nitrogens with zero attached hydrogens (tertiary/aromatic N) is 1. The van der Waals surface area contributed by atoms with Gasteiger partial charge in [-0.25, -0.2) is 0 Å². The van der Waals surface area contributed by atoms with E-state index in [9.17, 15) is 14.4 Å². The number of carbonyl (C=O) groups excluding carboxylic acids is 2. The second-order valence-corrected chi connectivity index (χ2v) is 14.9. The van der Waals surface area contributed by atoms with Crippen LogP contribution in [-0.2, 0) is 28.6 Å². The van der Waals surface area contributed by atoms with Crippen LogP contribution in [0.3, 0.4) is 0 Å². The molecule has 1 amide bonds. The van der Waals surface area contributed by atoms with E-state index in [1.54, 1.807) is 10.8 Å². The van der Waals surface area contributed by atoms with Crippen LogP contribution in [0.25, 0.3) is 0 Å². The lowest BCUT2D eigenvalue weighted by Gasteiger charge is -2.40. The normalized spacial score (nSPS) is 18.5. The Kier molecular flexibility index (Phi) is 7.20. The van der Waals surface area contributed by atoms with E-state index in [4.69, 9.17) is 4.43 Å². The Bertz CT molecular complexity index is 1040. The van der Waals surface area contributed by atoms with Crippen molar-refractivity contribution in [3.63, 3.8) is 0 Å². The zero-order valence-corrected chi connectivity index (χ0v) is 20.7. The fourth-order valence-electron chi connectivity index (χ4n) is 3.68. The highest BCUT2D eigenvalue weighted by Crippen LogP contribution is 2.37. The first-order valence-corrected chi connectivity index (χ1v) is 14.1. The Labute approximate surface area is 191 Å². The lowest BCUT2D eigenvalue weighted by Crippen LogP contribution is -2.53. The predicted octanol–water partition coefficient (Wildman–Crippen LogP) is 3.72. The summed E-state index contributed by atoms with van der Waals surface area (Å²) < 4.78 is 8.01. The average Bonchev–Trinajstić information content (AvgIpc) is 2.72. The van der Waals surface area contributed by atoms with E-state index >= 15 is 0 Å². The fourth-order valence-corrected chi connectivity index (χ4v) is 4.94. The zero-order chi connectivity index (χ0) is 23.5. The number of rotatable bonds is 4. The highest BCUT2D eigenvalue weighted by molar-refractivity contribution is 6.74. The van der Waals surface area contributed by atoms with Crippen LogP contribution in [0, 0.1) is 0 Å². The maximum absolute atomic E-state index is 13.1. The van der Waals surface area contributed by atoms with Crippen molar-refractivity contribution in [3.05, 3.63) is 69.6 Å². The summed E-state index contributed by atoms with van der Waals surface area (Å²) in [5, 5.41) is 2.96. The Hall–Kier alpha value is -2.51. The first kappa shape index (κ1) is 24.1. The average molecular weight is 455 g/mol. The van der Waals surface area contributed by atoms with Gasteiger partial charge in [0.2, 0.25) is 0 Å². The molecule has 2 heterocycles. The Morgan fingerprint density at radius 1 is 1.16 bits per heavy atom. The van der Waals surface area contributed by atoms with E-state index in [2.05, 4.69) is 51.3 Å². The topological polar surface area (TPSA) is 77.4 Å². The molecule has 1 N–H and O–H groups in total. The number of aromatic nitrogens is 1. The zero-order valence-electron chi connectivity index (χ0n) is 19.7. The van der Waals surface area contributed by atoms with E-state index in [1.165, 1.54) is 17.7 Å². The molecule has 0 unspecified atom stereocenters. The molecule has 32 heavy (non-hydrogen) atoms. The highest BCUT2D eigenvalue weighted by Gasteiger charge is 2.41. The third-order valence-corrected chi connectivity index (χ3v) is 11.1. The van der Waals surface area contributed by atoms with Crippen LogP contribution in [0.2, 0.25) is 18.1 Å². The molecule has 0 saturated carbocycles. The SMILES string of the molecule is CC(C)(C)[Si](C)(C)O[C@H](C=O)[C@@H]1Cc2cccc(c2)CCCn2cc(ccc2=O)C(=O)N1. The third kappa shape index (κ3) is 5.64. The quantitative estimate of drug-likeness (QED) is 0.564. The van der Waals surface area contributed by atoms with Crippen LogP contribution in [0.4, 0.5) is 0 Å². The van der Waals surface area contributed by atoms with E-state index in [0.29, 0.717) is 18.5 Å². The first-order valence-electron chi connectivity index (χ1n) is 11.2. The van der Waals surface area contributed by atoms with Gasteiger partial charge in [0.1, 0.15) is 12.4 Å². The largest absolute Gasteiger partial charge is 0.405 e. The summed E-state index contributed by atoms with van der Waals surface area (Å²) in [4.78, 5) is 37.6. The molecule has 0 saturated heterocycles. The van der Waals surface area contributed by atoms with E-state index in [1.807, 2.05) is 12.1 Å². The van der Waals surface area contributed by atoms with Gasteiger partial charge < -0.3 is 19.1 Å². The van der Waals surface area contributed by atoms with Crippen molar-refractivity contribution in [2.45, 2.75) is 76.9 Å². The molecule has 172 valence electrons. The van der Waals surface area contributed by atoms with Gasteiger partial charge in [-0.05, 0) is 54.6 Å². The lowest BCUT2D eigenvalue weighted by molar-refractivity contribution is -0.115. The molecular weight excluding hydrogens is 420 g/mol. The number of fused-ring (bicyclic) bond motifs is 4. The standard InChI is InChI=1S/C25H34N2O4Si/c1-25(2,3)32(4,5)31-22(17-28)21-15-19-9-6-8-18(14-19)10-7-13-27-16-20(24(30)26-21)11-12-23(27)29/h6,8-9,11-12,14,16-17,21-22H,7,10,13,15H2,1-5H3,(H,26,30)/t21-,22+/m0/s1. The smallest absolute Gasteiger partial charge is 0.253 e. The van der Waals surface area contributed by atoms with E-state index in [-0.39, 0.29) is 16.5 Å². The molecule has 0 aliphatic carbocycles. The van der Waals surface area contributed by atoms with E-state index in [0.717, 1.165) is 24.7 Å². The van der Waals surface area contributed by atoms with Gasteiger partial charge in [0.05, 0.1) is 11.6 Å². The number of benzene rings is 1. The van der Waals surface area contributed by atoms with Gasteiger partial charge in [-0.2, -0.15) is 0 Å². The molecule has 7 heteroatoms. The van der Waals surface area contributed by atoms with Gasteiger partial charge in [0.15, 0.2) is 8.32 Å². The number of hydrogen-bond donors (Lipinski definition) is 1. The number of aldehydes is 1. The van der Waals surface area contributed by atoms with Crippen molar-refractivity contribution in [1.29, 1.82) is 0 Å². The number of aryl methyl sites for hydroxylation is 2. The minimum atomic E-state index is -2.25. The third-order valence-electron chi connectivity index (χ3n) is 6.64. The molecule has 0 spiro atoms. The summed E-state index contributed by atoms with van der Waals surface area (Å²) in [5.41, 5.74) is 2.48. The first-order chi connectivity index (χ1) is 15.0. The minimum absolute atomic E-state index is 0.0724. The fraction of sp³-hybridized carbons (Fsp3) is 0.480. The van der Waals surface area contributed by atoms with Crippen molar-refractivity contribution in [3.8, 4) is 0 Å². The molecular formula is C25H34N2O4Si. The molecule has 1 aliphatic rings. The Morgan fingerprint density at radius 3 is 2.56 bits per heavy atom. The summed E-state index contributed by atoms with van der Waals surface area (Å²) in [7, 11) is -2.25. The number of nitrogens with one attached hydrogen (secondary N) is 1. The lowest BCUT2D eigenvalue weighted by atomic mass is 9.98. The summed E-state index contributed by atoms with van der Waals surface area (Å²) in [6, 6.07) is 10.6. The molecule has 1 aromatic carbocycles. The van der Waals surface area contributed by atoms with Crippen LogP contribution in [-0.4, -0.2) is 37.2 Å². The van der Waals surface area contributed by atoms with Crippen LogP contribution in [0.5, 0.6) is 0 Å². The molecule has 2 aromatic rings. The summed E-state index contributed by atoms with van der Waals surface area (Å²) in [6.07, 6.45) is 3.76. The monoisotopic (exact) mass is 454 g/mol. The van der Waals surface area contributed by atoms with Crippen LogP contribution in [0.1, 0.15) is 48.7 Å². The molecule has 4 bridgehead atoms. The van der Waals surface area contributed by atoms with Gasteiger partial charge >= 0.3 is 0 Å². The van der Waals surface area contributed by atoms with Gasteiger partial charge in [-0.3, -0.25) is 9.59 Å².